The third-order valence-corrected chi connectivity index (χ3v) is 1.71. The van der Waals surface area contributed by atoms with Crippen LogP contribution in [0.3, 0.4) is 0 Å². The predicted molar refractivity (Wildman–Crippen MR) is 57.5 cm³/mol. The van der Waals surface area contributed by atoms with Gasteiger partial charge in [0.25, 0.3) is 0 Å². The minimum Gasteiger partial charge on any atom is -0.293 e. The number of ketones is 1. The Hall–Kier alpha value is -1.97. The van der Waals surface area contributed by atoms with Crippen LogP contribution in [0.5, 0.6) is 0 Å². The minimum absolute atomic E-state index is 0.185. The van der Waals surface area contributed by atoms with Crippen molar-refractivity contribution in [1.29, 1.82) is 0 Å². The zero-order valence-corrected chi connectivity index (χ0v) is 8.65. The molecular weight excluding hydrogens is 192 g/mol. The number of amides is 1. The molecule has 1 aromatic rings. The van der Waals surface area contributed by atoms with Gasteiger partial charge in [0.1, 0.15) is 5.71 Å². The first kappa shape index (κ1) is 11.1. The second kappa shape index (κ2) is 5.05. The summed E-state index contributed by atoms with van der Waals surface area (Å²) in [5, 5.41) is 3.76. The zero-order valence-electron chi connectivity index (χ0n) is 8.65. The lowest BCUT2D eigenvalue weighted by Crippen LogP contribution is -2.20. The van der Waals surface area contributed by atoms with Gasteiger partial charge in [0.2, 0.25) is 5.91 Å². The average Bonchev–Trinajstić information content (AvgIpc) is 2.18. The van der Waals surface area contributed by atoms with Gasteiger partial charge in [0.15, 0.2) is 5.78 Å². The van der Waals surface area contributed by atoms with Crippen LogP contribution in [-0.2, 0) is 9.59 Å². The van der Waals surface area contributed by atoms with Crippen LogP contribution in [0.15, 0.2) is 35.4 Å². The van der Waals surface area contributed by atoms with Crippen molar-refractivity contribution in [2.75, 3.05) is 0 Å². The van der Waals surface area contributed by atoms with E-state index in [0.717, 1.165) is 0 Å². The van der Waals surface area contributed by atoms with Crippen LogP contribution in [0, 0.1) is 0 Å². The van der Waals surface area contributed by atoms with Crippen LogP contribution < -0.4 is 5.43 Å². The van der Waals surface area contributed by atoms with E-state index in [1.807, 2.05) is 18.2 Å². The molecule has 0 aliphatic carbocycles. The summed E-state index contributed by atoms with van der Waals surface area (Å²) in [5.41, 5.74) is 3.20. The SMILES string of the molecule is CC(=O)N/N=C(/C(C)=O)c1ccccc1. The fourth-order valence-corrected chi connectivity index (χ4v) is 1.08. The standard InChI is InChI=1S/C11H12N2O2/c1-8(14)11(13-12-9(2)15)10-6-4-3-5-7-10/h3-7H,1-2H3,(H,12,15)/b13-11-. The fourth-order valence-electron chi connectivity index (χ4n) is 1.08. The number of rotatable bonds is 3. The maximum Gasteiger partial charge on any atom is 0.236 e. The molecule has 78 valence electrons. The van der Waals surface area contributed by atoms with Gasteiger partial charge in [-0.15, -0.1) is 0 Å². The van der Waals surface area contributed by atoms with Gasteiger partial charge in [-0.2, -0.15) is 5.10 Å². The minimum atomic E-state index is -0.301. The Bertz CT molecular complexity index is 396. The van der Waals surface area contributed by atoms with Gasteiger partial charge < -0.3 is 0 Å². The van der Waals surface area contributed by atoms with Crippen molar-refractivity contribution in [3.05, 3.63) is 35.9 Å². The van der Waals surface area contributed by atoms with Gasteiger partial charge in [0.05, 0.1) is 0 Å². The molecule has 1 aromatic carbocycles. The average molecular weight is 204 g/mol. The molecule has 1 amide bonds. The summed E-state index contributed by atoms with van der Waals surface area (Å²) in [6.07, 6.45) is 0. The number of nitrogens with zero attached hydrogens (tertiary/aromatic N) is 1. The normalized spacial score (nSPS) is 10.9. The molecule has 0 unspecified atom stereocenters. The third-order valence-electron chi connectivity index (χ3n) is 1.71. The first-order chi connectivity index (χ1) is 7.11. The highest BCUT2D eigenvalue weighted by Crippen LogP contribution is 2.01. The van der Waals surface area contributed by atoms with E-state index in [9.17, 15) is 9.59 Å². The molecule has 0 spiro atoms. The highest BCUT2D eigenvalue weighted by atomic mass is 16.2. The molecule has 0 aliphatic rings. The summed E-state index contributed by atoms with van der Waals surface area (Å²) in [5.74, 6) is -0.486. The monoisotopic (exact) mass is 204 g/mol. The van der Waals surface area contributed by atoms with Crippen molar-refractivity contribution < 1.29 is 9.59 Å². The van der Waals surface area contributed by atoms with E-state index in [1.54, 1.807) is 12.1 Å². The molecule has 4 heteroatoms. The molecule has 0 atom stereocenters. The van der Waals surface area contributed by atoms with Crippen LogP contribution in [-0.4, -0.2) is 17.4 Å². The number of Topliss-reactive ketones (excluding diaryl/α,β-unsaturated/α-hetero) is 1. The Morgan fingerprint density at radius 2 is 1.73 bits per heavy atom. The summed E-state index contributed by atoms with van der Waals surface area (Å²) < 4.78 is 0. The van der Waals surface area contributed by atoms with Crippen molar-refractivity contribution in [3.8, 4) is 0 Å². The zero-order chi connectivity index (χ0) is 11.3. The van der Waals surface area contributed by atoms with E-state index in [2.05, 4.69) is 10.5 Å². The largest absolute Gasteiger partial charge is 0.293 e. The maximum atomic E-state index is 11.3. The Labute approximate surface area is 88.0 Å². The number of benzene rings is 1. The highest BCUT2D eigenvalue weighted by Gasteiger charge is 2.08. The van der Waals surface area contributed by atoms with E-state index in [1.165, 1.54) is 13.8 Å². The van der Waals surface area contributed by atoms with E-state index < -0.39 is 0 Å². The summed E-state index contributed by atoms with van der Waals surface area (Å²) >= 11 is 0. The Morgan fingerprint density at radius 1 is 1.13 bits per heavy atom. The van der Waals surface area contributed by atoms with Crippen LogP contribution in [0.1, 0.15) is 19.4 Å². The van der Waals surface area contributed by atoms with E-state index in [4.69, 9.17) is 0 Å². The van der Waals surface area contributed by atoms with Gasteiger partial charge in [-0.3, -0.25) is 9.59 Å². The predicted octanol–water partition coefficient (Wildman–Crippen LogP) is 1.12. The second-order valence-corrected chi connectivity index (χ2v) is 3.05. The molecule has 0 bridgehead atoms. The quantitative estimate of drug-likeness (QED) is 0.592. The van der Waals surface area contributed by atoms with Gasteiger partial charge in [-0.1, -0.05) is 30.3 Å². The number of carbonyl (C=O) groups excluding carboxylic acids is 2. The number of hydrogen-bond acceptors (Lipinski definition) is 3. The van der Waals surface area contributed by atoms with Crippen LogP contribution in [0.25, 0.3) is 0 Å². The lowest BCUT2D eigenvalue weighted by molar-refractivity contribution is -0.118. The fraction of sp³-hybridized carbons (Fsp3) is 0.182. The lowest BCUT2D eigenvalue weighted by atomic mass is 10.1. The molecular formula is C11H12N2O2. The first-order valence-corrected chi connectivity index (χ1v) is 4.52. The number of hydrogen-bond donors (Lipinski definition) is 1. The van der Waals surface area contributed by atoms with E-state index in [0.29, 0.717) is 5.56 Å². The van der Waals surface area contributed by atoms with Crippen molar-refractivity contribution in [1.82, 2.24) is 5.43 Å². The molecule has 0 aromatic heterocycles. The third kappa shape index (κ3) is 3.34. The summed E-state index contributed by atoms with van der Waals surface area (Å²) in [6.45, 7) is 2.75. The first-order valence-electron chi connectivity index (χ1n) is 4.52. The van der Waals surface area contributed by atoms with Crippen molar-refractivity contribution >= 4 is 17.4 Å². The van der Waals surface area contributed by atoms with Crippen molar-refractivity contribution in [2.45, 2.75) is 13.8 Å². The summed E-state index contributed by atoms with van der Waals surface area (Å²) in [4.78, 5) is 21.9. The molecule has 1 rings (SSSR count). The Balaban J connectivity index is 2.99. The molecule has 0 fully saturated rings. The lowest BCUT2D eigenvalue weighted by Gasteiger charge is -2.02. The van der Waals surface area contributed by atoms with Gasteiger partial charge in [-0.05, 0) is 0 Å². The van der Waals surface area contributed by atoms with Crippen LogP contribution >= 0.6 is 0 Å². The van der Waals surface area contributed by atoms with Crippen molar-refractivity contribution in [3.63, 3.8) is 0 Å². The Kier molecular flexibility index (Phi) is 3.74. The number of hydrazone groups is 1. The molecule has 1 N–H and O–H groups in total. The van der Waals surface area contributed by atoms with Gasteiger partial charge in [-0.25, -0.2) is 5.43 Å². The van der Waals surface area contributed by atoms with Gasteiger partial charge >= 0.3 is 0 Å². The maximum absolute atomic E-state index is 11.3. The molecule has 0 saturated carbocycles. The van der Waals surface area contributed by atoms with E-state index >= 15 is 0 Å². The summed E-state index contributed by atoms with van der Waals surface area (Å²) in [7, 11) is 0. The highest BCUT2D eigenvalue weighted by molar-refractivity contribution is 6.45. The molecule has 0 aliphatic heterocycles. The van der Waals surface area contributed by atoms with E-state index in [-0.39, 0.29) is 17.4 Å². The summed E-state index contributed by atoms with van der Waals surface area (Å²) in [6, 6.07) is 8.99. The molecule has 0 saturated heterocycles. The molecule has 4 nitrogen and oxygen atoms in total. The molecule has 15 heavy (non-hydrogen) atoms. The smallest absolute Gasteiger partial charge is 0.236 e. The molecule has 0 heterocycles. The van der Waals surface area contributed by atoms with Crippen LogP contribution in [0.2, 0.25) is 0 Å². The van der Waals surface area contributed by atoms with Gasteiger partial charge in [0, 0.05) is 19.4 Å². The molecule has 0 radical (unpaired) electrons. The topological polar surface area (TPSA) is 58.5 Å². The second-order valence-electron chi connectivity index (χ2n) is 3.05. The Morgan fingerprint density at radius 3 is 2.20 bits per heavy atom. The van der Waals surface area contributed by atoms with Crippen LogP contribution in [0.4, 0.5) is 0 Å². The number of carbonyl (C=O) groups is 2. The number of nitrogens with one attached hydrogen (secondary N) is 1. The van der Waals surface area contributed by atoms with Crippen molar-refractivity contribution in [2.24, 2.45) is 5.10 Å².